The van der Waals surface area contributed by atoms with Crippen LogP contribution in [0.1, 0.15) is 25.7 Å². The van der Waals surface area contributed by atoms with Crippen molar-refractivity contribution in [3.63, 3.8) is 0 Å². The van der Waals surface area contributed by atoms with E-state index < -0.39 is 23.6 Å². The zero-order chi connectivity index (χ0) is 16.4. The molecule has 1 aromatic heterocycles. The van der Waals surface area contributed by atoms with E-state index in [9.17, 15) is 18.0 Å². The van der Waals surface area contributed by atoms with Gasteiger partial charge < -0.3 is 5.32 Å². The number of halogens is 3. The van der Waals surface area contributed by atoms with Crippen molar-refractivity contribution in [1.82, 2.24) is 20.6 Å². The number of anilines is 1. The summed E-state index contributed by atoms with van der Waals surface area (Å²) in [5.41, 5.74) is 0.347. The van der Waals surface area contributed by atoms with Crippen LogP contribution in [0, 0.1) is 11.7 Å². The molecule has 0 aliphatic heterocycles. The summed E-state index contributed by atoms with van der Waals surface area (Å²) in [6.07, 6.45) is 0.157. The Morgan fingerprint density at radius 1 is 1.43 bits per heavy atom. The molecule has 1 atom stereocenters. The highest BCUT2D eigenvalue weighted by Gasteiger charge is 2.44. The molecule has 1 fully saturated rings. The fourth-order valence-electron chi connectivity index (χ4n) is 2.72. The maximum absolute atomic E-state index is 13.8. The smallest absolute Gasteiger partial charge is 0.251 e. The fourth-order valence-corrected chi connectivity index (χ4v) is 2.72. The van der Waals surface area contributed by atoms with Crippen molar-refractivity contribution >= 4 is 11.6 Å². The Labute approximate surface area is 129 Å². The predicted molar refractivity (Wildman–Crippen MR) is 75.1 cm³/mol. The molecule has 9 heteroatoms. The van der Waals surface area contributed by atoms with Crippen LogP contribution in [-0.4, -0.2) is 32.5 Å². The highest BCUT2D eigenvalue weighted by Crippen LogP contribution is 2.42. The van der Waals surface area contributed by atoms with Crippen molar-refractivity contribution in [2.75, 3.05) is 5.32 Å². The Morgan fingerprint density at radius 3 is 2.91 bits per heavy atom. The molecular formula is C14H14F3N5O. The molecule has 3 rings (SSSR count). The van der Waals surface area contributed by atoms with E-state index in [2.05, 4.69) is 25.9 Å². The number of amides is 1. The third-order valence-electron chi connectivity index (χ3n) is 3.94. The van der Waals surface area contributed by atoms with E-state index in [0.717, 1.165) is 6.07 Å². The number of carbonyl (C=O) groups is 1. The minimum atomic E-state index is -2.83. The molecule has 1 unspecified atom stereocenters. The number of nitrogens with one attached hydrogen (secondary N) is 2. The van der Waals surface area contributed by atoms with E-state index in [4.69, 9.17) is 0 Å². The molecule has 1 aromatic carbocycles. The molecule has 1 saturated carbocycles. The summed E-state index contributed by atoms with van der Waals surface area (Å²) in [6.45, 7) is 0. The molecule has 23 heavy (non-hydrogen) atoms. The normalized spacial score (nSPS) is 19.7. The van der Waals surface area contributed by atoms with Crippen molar-refractivity contribution in [2.45, 2.75) is 31.6 Å². The fraction of sp³-hybridized carbons (Fsp3) is 0.429. The number of benzene rings is 1. The lowest BCUT2D eigenvalue weighted by atomic mass is 10.0. The summed E-state index contributed by atoms with van der Waals surface area (Å²) < 4.78 is 40.9. The van der Waals surface area contributed by atoms with Crippen molar-refractivity contribution < 1.29 is 18.0 Å². The molecule has 0 bridgehead atoms. The lowest BCUT2D eigenvalue weighted by molar-refractivity contribution is -0.120. The number of tetrazole rings is 1. The van der Waals surface area contributed by atoms with E-state index in [0.29, 0.717) is 18.4 Å². The van der Waals surface area contributed by atoms with Gasteiger partial charge >= 0.3 is 0 Å². The van der Waals surface area contributed by atoms with Crippen LogP contribution in [0.4, 0.5) is 18.9 Å². The molecule has 2 N–H and O–H groups in total. The number of alkyl halides is 2. The summed E-state index contributed by atoms with van der Waals surface area (Å²) in [4.78, 5) is 11.9. The Kier molecular flexibility index (Phi) is 4.01. The van der Waals surface area contributed by atoms with Crippen molar-refractivity contribution in [3.05, 3.63) is 24.0 Å². The van der Waals surface area contributed by atoms with Crippen LogP contribution < -0.4 is 5.32 Å². The number of aromatic nitrogens is 4. The maximum Gasteiger partial charge on any atom is 0.251 e. The van der Waals surface area contributed by atoms with Gasteiger partial charge in [0.25, 0.3) is 5.92 Å². The van der Waals surface area contributed by atoms with Crippen LogP contribution in [0.2, 0.25) is 0 Å². The minimum absolute atomic E-state index is 0.0985. The number of carbonyl (C=O) groups excluding carboxylic acids is 1. The SMILES string of the molecule is O=C(CC1CCCC1(F)F)Nc1cc(-c2nn[nH]n2)ccc1F. The van der Waals surface area contributed by atoms with Crippen molar-refractivity contribution in [3.8, 4) is 11.4 Å². The monoisotopic (exact) mass is 325 g/mol. The second kappa shape index (κ2) is 5.98. The molecule has 0 saturated heterocycles. The summed E-state index contributed by atoms with van der Waals surface area (Å²) in [6, 6.07) is 3.91. The molecule has 1 heterocycles. The van der Waals surface area contributed by atoms with Crippen molar-refractivity contribution in [2.24, 2.45) is 5.92 Å². The number of H-pyrrole nitrogens is 1. The van der Waals surface area contributed by atoms with Crippen LogP contribution >= 0.6 is 0 Å². The predicted octanol–water partition coefficient (Wildman–Crippen LogP) is 2.77. The first-order valence-electron chi connectivity index (χ1n) is 7.17. The van der Waals surface area contributed by atoms with Gasteiger partial charge in [-0.25, -0.2) is 13.2 Å². The first kappa shape index (κ1) is 15.4. The largest absolute Gasteiger partial charge is 0.324 e. The van der Waals surface area contributed by atoms with Crippen LogP contribution in [0.25, 0.3) is 11.4 Å². The van der Waals surface area contributed by atoms with Crippen LogP contribution in [-0.2, 0) is 4.79 Å². The van der Waals surface area contributed by atoms with Gasteiger partial charge in [-0.05, 0) is 36.3 Å². The molecule has 2 aromatic rings. The average molecular weight is 325 g/mol. The molecule has 1 aliphatic rings. The Bertz CT molecular complexity index is 704. The number of aromatic amines is 1. The third kappa shape index (κ3) is 3.33. The molecular weight excluding hydrogens is 311 g/mol. The number of rotatable bonds is 4. The van der Waals surface area contributed by atoms with Gasteiger partial charge in [0.1, 0.15) is 5.82 Å². The molecule has 1 amide bonds. The van der Waals surface area contributed by atoms with Gasteiger partial charge in [0.15, 0.2) is 0 Å². The summed E-state index contributed by atoms with van der Waals surface area (Å²) in [5.74, 6) is -4.89. The Hall–Kier alpha value is -2.45. The average Bonchev–Trinajstić information content (AvgIpc) is 3.12. The third-order valence-corrected chi connectivity index (χ3v) is 3.94. The maximum atomic E-state index is 13.8. The van der Waals surface area contributed by atoms with Crippen LogP contribution in [0.5, 0.6) is 0 Å². The van der Waals surface area contributed by atoms with E-state index >= 15 is 0 Å². The number of hydrogen-bond donors (Lipinski definition) is 2. The van der Waals surface area contributed by atoms with Gasteiger partial charge in [0.2, 0.25) is 11.7 Å². The van der Waals surface area contributed by atoms with Crippen LogP contribution in [0.15, 0.2) is 18.2 Å². The zero-order valence-electron chi connectivity index (χ0n) is 12.0. The number of nitrogens with zero attached hydrogens (tertiary/aromatic N) is 3. The molecule has 122 valence electrons. The Morgan fingerprint density at radius 2 is 2.26 bits per heavy atom. The van der Waals surface area contributed by atoms with Gasteiger partial charge in [-0.2, -0.15) is 5.21 Å². The lowest BCUT2D eigenvalue weighted by Gasteiger charge is -2.18. The minimum Gasteiger partial charge on any atom is -0.324 e. The topological polar surface area (TPSA) is 83.6 Å². The molecule has 0 radical (unpaired) electrons. The lowest BCUT2D eigenvalue weighted by Crippen LogP contribution is -2.27. The summed E-state index contributed by atoms with van der Waals surface area (Å²) in [7, 11) is 0. The summed E-state index contributed by atoms with van der Waals surface area (Å²) in [5, 5.41) is 15.5. The van der Waals surface area contributed by atoms with Crippen LogP contribution in [0.3, 0.4) is 0 Å². The zero-order valence-corrected chi connectivity index (χ0v) is 12.0. The molecule has 1 aliphatic carbocycles. The standard InChI is InChI=1S/C14H14F3N5O/c15-10-4-3-8(13-19-21-22-20-13)6-11(10)18-12(23)7-9-2-1-5-14(9,16)17/h3-4,6,9H,1-2,5,7H2,(H,18,23)(H,19,20,21,22). The van der Waals surface area contributed by atoms with Gasteiger partial charge in [0.05, 0.1) is 5.69 Å². The first-order valence-corrected chi connectivity index (χ1v) is 7.17. The van der Waals surface area contributed by atoms with E-state index in [1.807, 2.05) is 0 Å². The van der Waals surface area contributed by atoms with Gasteiger partial charge in [-0.1, -0.05) is 0 Å². The first-order chi connectivity index (χ1) is 11.0. The summed E-state index contributed by atoms with van der Waals surface area (Å²) >= 11 is 0. The quantitative estimate of drug-likeness (QED) is 0.905. The van der Waals surface area contributed by atoms with E-state index in [-0.39, 0.29) is 24.4 Å². The van der Waals surface area contributed by atoms with Gasteiger partial charge in [-0.3, -0.25) is 4.79 Å². The van der Waals surface area contributed by atoms with E-state index in [1.165, 1.54) is 12.1 Å². The van der Waals surface area contributed by atoms with Crippen molar-refractivity contribution in [1.29, 1.82) is 0 Å². The second-order valence-electron chi connectivity index (χ2n) is 5.53. The molecule has 6 nitrogen and oxygen atoms in total. The Balaban J connectivity index is 1.72. The highest BCUT2D eigenvalue weighted by molar-refractivity contribution is 5.91. The molecule has 0 spiro atoms. The van der Waals surface area contributed by atoms with Gasteiger partial charge in [-0.15, -0.1) is 10.2 Å². The number of hydrogen-bond acceptors (Lipinski definition) is 4. The second-order valence-corrected chi connectivity index (χ2v) is 5.53. The van der Waals surface area contributed by atoms with Gasteiger partial charge in [0, 0.05) is 24.3 Å². The highest BCUT2D eigenvalue weighted by atomic mass is 19.3. The van der Waals surface area contributed by atoms with E-state index in [1.54, 1.807) is 0 Å².